The molecule has 0 aliphatic rings. The van der Waals surface area contributed by atoms with Gasteiger partial charge >= 0.3 is 0 Å². The quantitative estimate of drug-likeness (QED) is 0.264. The molecule has 0 bridgehead atoms. The molecule has 0 amide bonds. The molecule has 0 N–H and O–H groups in total. The van der Waals surface area contributed by atoms with Crippen molar-refractivity contribution < 1.29 is 9.16 Å². The second-order valence-corrected chi connectivity index (χ2v) is 5.44. The Morgan fingerprint density at radius 3 is 2.75 bits per heavy atom. The van der Waals surface area contributed by atoms with Crippen molar-refractivity contribution in [3.05, 3.63) is 12.7 Å². The summed E-state index contributed by atoms with van der Waals surface area (Å²) in [5.74, 6) is 0. The Morgan fingerprint density at radius 2 is 2.25 bits per heavy atom. The normalized spacial score (nSPS) is 15.6. The summed E-state index contributed by atoms with van der Waals surface area (Å²) in [4.78, 5) is 0. The van der Waals surface area contributed by atoms with Crippen LogP contribution in [0.3, 0.4) is 0 Å². The summed E-state index contributed by atoms with van der Waals surface area (Å²) in [6.07, 6.45) is 4.23. The molecule has 0 aromatic carbocycles. The summed E-state index contributed by atoms with van der Waals surface area (Å²) in [5.41, 5.74) is 0. The van der Waals surface area contributed by atoms with Crippen molar-refractivity contribution >= 4 is 9.04 Å². The van der Waals surface area contributed by atoms with Crippen LogP contribution in [0.1, 0.15) is 19.8 Å². The molecule has 72 valence electrons. The molecule has 0 heterocycles. The van der Waals surface area contributed by atoms with Gasteiger partial charge in [0.05, 0.1) is 0 Å². The Kier molecular flexibility index (Phi) is 7.44. The first kappa shape index (κ1) is 11.9. The molecule has 0 rings (SSSR count). The average Bonchev–Trinajstić information content (AvgIpc) is 2.05. The molecular weight excluding hydrogens is 168 g/mol. The largest absolute Gasteiger partial charge is 0.396 e. The van der Waals surface area contributed by atoms with Crippen molar-refractivity contribution in [3.63, 3.8) is 0 Å². The maximum Gasteiger partial charge on any atom is 0.177 e. The van der Waals surface area contributed by atoms with Crippen LogP contribution in [0.2, 0.25) is 12.6 Å². The fourth-order valence-electron chi connectivity index (χ4n) is 1.00. The van der Waals surface area contributed by atoms with E-state index in [9.17, 15) is 0 Å². The molecule has 0 aromatic rings. The average molecular weight is 188 g/mol. The highest BCUT2D eigenvalue weighted by Crippen LogP contribution is 2.05. The summed E-state index contributed by atoms with van der Waals surface area (Å²) >= 11 is 0. The predicted octanol–water partition coefficient (Wildman–Crippen LogP) is 2.32. The van der Waals surface area contributed by atoms with Gasteiger partial charge in [-0.05, 0) is 25.9 Å². The molecule has 2 atom stereocenters. The smallest absolute Gasteiger partial charge is 0.177 e. The van der Waals surface area contributed by atoms with E-state index < -0.39 is 9.04 Å². The van der Waals surface area contributed by atoms with Crippen LogP contribution in [0.5, 0.6) is 0 Å². The number of hydrogen-bond donors (Lipinski definition) is 0. The van der Waals surface area contributed by atoms with E-state index in [-0.39, 0.29) is 6.29 Å². The highest BCUT2D eigenvalue weighted by atomic mass is 28.3. The number of allylic oxidation sites excluding steroid dienone is 1. The van der Waals surface area contributed by atoms with Gasteiger partial charge in [-0.25, -0.2) is 0 Å². The Balaban J connectivity index is 3.32. The molecule has 0 fully saturated rings. The number of methoxy groups -OCH3 is 1. The summed E-state index contributed by atoms with van der Waals surface area (Å²) < 4.78 is 10.6. The zero-order valence-electron chi connectivity index (χ0n) is 8.38. The third-order valence-electron chi connectivity index (χ3n) is 1.77. The Hall–Kier alpha value is -0.123. The topological polar surface area (TPSA) is 18.5 Å². The van der Waals surface area contributed by atoms with Crippen molar-refractivity contribution in [2.75, 3.05) is 7.11 Å². The zero-order valence-corrected chi connectivity index (χ0v) is 9.53. The molecular formula is C9H20O2Si. The van der Waals surface area contributed by atoms with Gasteiger partial charge in [0, 0.05) is 7.11 Å². The minimum atomic E-state index is -0.982. The van der Waals surface area contributed by atoms with Gasteiger partial charge in [-0.1, -0.05) is 12.5 Å². The van der Waals surface area contributed by atoms with Gasteiger partial charge in [0.1, 0.15) is 6.29 Å². The first-order valence-electron chi connectivity index (χ1n) is 4.49. The Morgan fingerprint density at radius 1 is 1.58 bits per heavy atom. The van der Waals surface area contributed by atoms with Crippen molar-refractivity contribution in [2.24, 2.45) is 0 Å². The summed E-state index contributed by atoms with van der Waals surface area (Å²) in [6.45, 7) is 7.83. The minimum Gasteiger partial charge on any atom is -0.396 e. The van der Waals surface area contributed by atoms with E-state index in [1.54, 1.807) is 7.11 Å². The SMILES string of the molecule is C=CCCC[SiH](C)OC(C)OC. The van der Waals surface area contributed by atoms with Crippen LogP contribution in [0.4, 0.5) is 0 Å². The minimum absolute atomic E-state index is 0.0320. The lowest BCUT2D eigenvalue weighted by atomic mass is 10.3. The van der Waals surface area contributed by atoms with E-state index in [1.807, 2.05) is 13.0 Å². The lowest BCUT2D eigenvalue weighted by Crippen LogP contribution is -2.21. The molecule has 0 saturated heterocycles. The number of rotatable bonds is 7. The van der Waals surface area contributed by atoms with Gasteiger partial charge in [0.2, 0.25) is 0 Å². The third-order valence-corrected chi connectivity index (χ3v) is 3.84. The molecule has 0 saturated carbocycles. The van der Waals surface area contributed by atoms with Gasteiger partial charge in [-0.2, -0.15) is 0 Å². The first-order valence-corrected chi connectivity index (χ1v) is 6.94. The Labute approximate surface area is 77.3 Å². The molecule has 2 nitrogen and oxygen atoms in total. The molecule has 12 heavy (non-hydrogen) atoms. The lowest BCUT2D eigenvalue weighted by Gasteiger charge is -2.16. The van der Waals surface area contributed by atoms with Crippen molar-refractivity contribution in [1.29, 1.82) is 0 Å². The summed E-state index contributed by atoms with van der Waals surface area (Å²) in [7, 11) is 0.694. The summed E-state index contributed by atoms with van der Waals surface area (Å²) in [5, 5.41) is 0. The maximum atomic E-state index is 5.63. The van der Waals surface area contributed by atoms with Crippen molar-refractivity contribution in [3.8, 4) is 0 Å². The van der Waals surface area contributed by atoms with Gasteiger partial charge in [0.15, 0.2) is 9.04 Å². The fraction of sp³-hybridized carbons (Fsp3) is 0.778. The van der Waals surface area contributed by atoms with E-state index in [2.05, 4.69) is 13.1 Å². The zero-order chi connectivity index (χ0) is 9.40. The van der Waals surface area contributed by atoms with E-state index in [0.29, 0.717) is 0 Å². The van der Waals surface area contributed by atoms with Crippen LogP contribution >= 0.6 is 0 Å². The Bertz CT molecular complexity index is 117. The molecule has 0 radical (unpaired) electrons. The predicted molar refractivity (Wildman–Crippen MR) is 54.8 cm³/mol. The van der Waals surface area contributed by atoms with Crippen LogP contribution in [-0.2, 0) is 9.16 Å². The van der Waals surface area contributed by atoms with Gasteiger partial charge in [-0.15, -0.1) is 6.58 Å². The van der Waals surface area contributed by atoms with Crippen LogP contribution in [-0.4, -0.2) is 22.4 Å². The van der Waals surface area contributed by atoms with Crippen LogP contribution < -0.4 is 0 Å². The molecule has 0 aromatic heterocycles. The van der Waals surface area contributed by atoms with Gasteiger partial charge < -0.3 is 9.16 Å². The van der Waals surface area contributed by atoms with Crippen LogP contribution in [0, 0.1) is 0 Å². The molecule has 0 aliphatic carbocycles. The first-order chi connectivity index (χ1) is 5.70. The second kappa shape index (κ2) is 7.52. The second-order valence-electron chi connectivity index (χ2n) is 2.97. The molecule has 0 spiro atoms. The highest BCUT2D eigenvalue weighted by Gasteiger charge is 2.07. The number of ether oxygens (including phenoxy) is 1. The summed E-state index contributed by atoms with van der Waals surface area (Å²) in [6, 6.07) is 1.21. The molecule has 2 unspecified atom stereocenters. The van der Waals surface area contributed by atoms with Crippen LogP contribution in [0.15, 0.2) is 12.7 Å². The molecule has 3 heteroatoms. The fourth-order valence-corrected chi connectivity index (χ4v) is 2.71. The lowest BCUT2D eigenvalue weighted by molar-refractivity contribution is -0.0408. The van der Waals surface area contributed by atoms with Crippen LogP contribution in [0.25, 0.3) is 0 Å². The number of unbranched alkanes of at least 4 members (excludes halogenated alkanes) is 1. The van der Waals surface area contributed by atoms with E-state index in [1.165, 1.54) is 12.5 Å². The standard InChI is InChI=1S/C9H20O2Si/c1-5-6-7-8-12(4)11-9(2)10-3/h5,9,12H,1,6-8H2,2-4H3. The van der Waals surface area contributed by atoms with Gasteiger partial charge in [-0.3, -0.25) is 0 Å². The van der Waals surface area contributed by atoms with Crippen molar-refractivity contribution in [2.45, 2.75) is 38.6 Å². The highest BCUT2D eigenvalue weighted by molar-refractivity contribution is 6.50. The van der Waals surface area contributed by atoms with Gasteiger partial charge in [0.25, 0.3) is 0 Å². The van der Waals surface area contributed by atoms with Crippen molar-refractivity contribution in [1.82, 2.24) is 0 Å². The van der Waals surface area contributed by atoms with E-state index in [0.717, 1.165) is 6.42 Å². The number of hydrogen-bond acceptors (Lipinski definition) is 2. The monoisotopic (exact) mass is 188 g/mol. The maximum absolute atomic E-state index is 5.63. The molecule has 0 aliphatic heterocycles. The van der Waals surface area contributed by atoms with E-state index in [4.69, 9.17) is 9.16 Å². The third kappa shape index (κ3) is 6.58. The van der Waals surface area contributed by atoms with E-state index >= 15 is 0 Å².